The van der Waals surface area contributed by atoms with Crippen LogP contribution in [0.25, 0.3) is 0 Å². The number of amides is 2. The van der Waals surface area contributed by atoms with E-state index in [1.165, 1.54) is 5.19 Å². The van der Waals surface area contributed by atoms with Crippen molar-refractivity contribution in [1.29, 1.82) is 0 Å². The number of benzene rings is 1. The van der Waals surface area contributed by atoms with Gasteiger partial charge in [-0.1, -0.05) is 42.5 Å². The molecule has 1 fully saturated rings. The van der Waals surface area contributed by atoms with Gasteiger partial charge in [0.1, 0.15) is 0 Å². The van der Waals surface area contributed by atoms with Crippen LogP contribution >= 0.6 is 0 Å². The molecule has 1 aromatic carbocycles. The fourth-order valence-corrected chi connectivity index (χ4v) is 2.85. The van der Waals surface area contributed by atoms with Crippen LogP contribution < -0.4 is 5.19 Å². The van der Waals surface area contributed by atoms with Crippen molar-refractivity contribution in [3.8, 4) is 0 Å². The first-order valence-corrected chi connectivity index (χ1v) is 8.93. The van der Waals surface area contributed by atoms with Gasteiger partial charge < -0.3 is 4.84 Å². The van der Waals surface area contributed by atoms with Crippen molar-refractivity contribution in [3.05, 3.63) is 29.8 Å². The molecule has 0 unspecified atom stereocenters. The molecule has 105 valence electrons. The number of carbonyl (C=O) groups is 3. The molecule has 2 amide bonds. The Bertz CT molecular complexity index is 540. The number of rotatable bonds is 4. The van der Waals surface area contributed by atoms with E-state index in [2.05, 4.69) is 13.1 Å². The average molecular weight is 290 g/mol. The smallest absolute Gasteiger partial charge is 0.330 e. The molecule has 0 bridgehead atoms. The Balaban J connectivity index is 1.99. The summed E-state index contributed by atoms with van der Waals surface area (Å²) >= 11 is 0. The fourth-order valence-electron chi connectivity index (χ4n) is 1.95. The summed E-state index contributed by atoms with van der Waals surface area (Å²) in [6.45, 7) is 4.34. The molecule has 1 aliphatic rings. The van der Waals surface area contributed by atoms with Gasteiger partial charge in [-0.2, -0.15) is 0 Å². The molecule has 1 heterocycles. The number of hydroxylamine groups is 2. The molecule has 0 saturated carbocycles. The van der Waals surface area contributed by atoms with Crippen LogP contribution in [0.2, 0.25) is 13.1 Å². The van der Waals surface area contributed by atoms with Gasteiger partial charge in [-0.25, -0.2) is 4.79 Å². The Morgan fingerprint density at radius 1 is 1.25 bits per heavy atom. The van der Waals surface area contributed by atoms with Gasteiger partial charge in [-0.15, -0.1) is 5.06 Å². The monoisotopic (exact) mass is 290 g/mol. The van der Waals surface area contributed by atoms with Crippen molar-refractivity contribution in [3.63, 3.8) is 0 Å². The molecule has 0 atom stereocenters. The number of hydrogen-bond acceptors (Lipinski definition) is 4. The highest BCUT2D eigenvalue weighted by atomic mass is 28.3. The molecular formula is C14H16NO4Si. The van der Waals surface area contributed by atoms with Gasteiger partial charge in [0.2, 0.25) is 0 Å². The molecule has 20 heavy (non-hydrogen) atoms. The normalized spacial score (nSPS) is 15.1. The lowest BCUT2D eigenvalue weighted by atomic mass is 10.1. The fraction of sp³-hybridized carbons (Fsp3) is 0.357. The van der Waals surface area contributed by atoms with Gasteiger partial charge in [-0.3, -0.25) is 9.59 Å². The first-order chi connectivity index (χ1) is 9.47. The minimum atomic E-state index is -0.591. The highest BCUT2D eigenvalue weighted by Gasteiger charge is 2.32. The predicted molar refractivity (Wildman–Crippen MR) is 74.4 cm³/mol. The van der Waals surface area contributed by atoms with E-state index in [0.29, 0.717) is 5.06 Å². The summed E-state index contributed by atoms with van der Waals surface area (Å²) in [5.41, 5.74) is 0.831. The van der Waals surface area contributed by atoms with Crippen molar-refractivity contribution >= 4 is 31.8 Å². The maximum absolute atomic E-state index is 11.8. The van der Waals surface area contributed by atoms with Crippen LogP contribution in [0.1, 0.15) is 18.4 Å². The zero-order chi connectivity index (χ0) is 14.7. The van der Waals surface area contributed by atoms with Crippen molar-refractivity contribution in [2.75, 3.05) is 0 Å². The van der Waals surface area contributed by atoms with Gasteiger partial charge in [0.15, 0.2) is 0 Å². The topological polar surface area (TPSA) is 63.7 Å². The van der Waals surface area contributed by atoms with Crippen molar-refractivity contribution in [2.24, 2.45) is 0 Å². The molecule has 6 heteroatoms. The van der Waals surface area contributed by atoms with Crippen LogP contribution in [0.4, 0.5) is 0 Å². The minimum Gasteiger partial charge on any atom is -0.330 e. The second kappa shape index (κ2) is 6.00. The molecule has 1 aromatic rings. The molecule has 2 rings (SSSR count). The summed E-state index contributed by atoms with van der Waals surface area (Å²) in [5, 5.41) is 1.81. The Morgan fingerprint density at radius 3 is 2.50 bits per heavy atom. The highest BCUT2D eigenvalue weighted by molar-refractivity contribution is 6.70. The number of nitrogens with zero attached hydrogens (tertiary/aromatic N) is 1. The lowest BCUT2D eigenvalue weighted by Gasteiger charge is -2.13. The Kier molecular flexibility index (Phi) is 4.34. The van der Waals surface area contributed by atoms with Crippen molar-refractivity contribution < 1.29 is 19.2 Å². The zero-order valence-electron chi connectivity index (χ0n) is 11.5. The van der Waals surface area contributed by atoms with E-state index in [0.717, 1.165) is 5.56 Å². The predicted octanol–water partition coefficient (Wildman–Crippen LogP) is 0.798. The van der Waals surface area contributed by atoms with Crippen LogP contribution in [0.15, 0.2) is 24.3 Å². The summed E-state index contributed by atoms with van der Waals surface area (Å²) in [6.07, 6.45) is 0.276. The lowest BCUT2D eigenvalue weighted by molar-refractivity contribution is -0.197. The first kappa shape index (κ1) is 14.5. The van der Waals surface area contributed by atoms with Crippen molar-refractivity contribution in [2.45, 2.75) is 32.4 Å². The quantitative estimate of drug-likeness (QED) is 0.608. The largest absolute Gasteiger partial charge is 0.337 e. The van der Waals surface area contributed by atoms with E-state index < -0.39 is 26.6 Å². The van der Waals surface area contributed by atoms with Gasteiger partial charge in [0.05, 0.1) is 15.2 Å². The molecule has 1 radical (unpaired) electrons. The second-order valence-corrected chi connectivity index (χ2v) is 7.50. The number of imide groups is 1. The van der Waals surface area contributed by atoms with Gasteiger partial charge >= 0.3 is 5.97 Å². The van der Waals surface area contributed by atoms with Crippen LogP contribution in [0, 0.1) is 0 Å². The molecular weight excluding hydrogens is 274 g/mol. The Morgan fingerprint density at radius 2 is 1.90 bits per heavy atom. The highest BCUT2D eigenvalue weighted by Crippen LogP contribution is 2.13. The molecule has 0 aromatic heterocycles. The third kappa shape index (κ3) is 3.33. The van der Waals surface area contributed by atoms with E-state index in [1.807, 2.05) is 24.3 Å². The summed E-state index contributed by atoms with van der Waals surface area (Å²) in [6, 6.07) is 7.75. The number of carbonyl (C=O) groups excluding carboxylic acids is 3. The maximum Gasteiger partial charge on any atom is 0.337 e. The van der Waals surface area contributed by atoms with Gasteiger partial charge in [0, 0.05) is 12.8 Å². The number of hydrogen-bond donors (Lipinski definition) is 0. The van der Waals surface area contributed by atoms with Crippen LogP contribution in [0.3, 0.4) is 0 Å². The maximum atomic E-state index is 11.8. The standard InChI is InChI=1S/C14H16NO4Si/c1-20(2)11-5-3-4-10(8-11)9-14(18)19-15-12(16)6-7-13(15)17/h3-5,8H,6-7,9H2,1-2H3. The summed E-state index contributed by atoms with van der Waals surface area (Å²) in [5.74, 6) is -1.50. The third-order valence-electron chi connectivity index (χ3n) is 3.05. The van der Waals surface area contributed by atoms with E-state index in [9.17, 15) is 14.4 Å². The zero-order valence-corrected chi connectivity index (χ0v) is 12.5. The third-order valence-corrected chi connectivity index (χ3v) is 4.52. The lowest BCUT2D eigenvalue weighted by Crippen LogP contribution is -2.32. The van der Waals surface area contributed by atoms with Crippen LogP contribution in [-0.4, -0.2) is 31.6 Å². The minimum absolute atomic E-state index is 0.0556. The molecule has 0 N–H and O–H groups in total. The van der Waals surface area contributed by atoms with Crippen LogP contribution in [0.5, 0.6) is 0 Å². The Labute approximate surface area is 119 Å². The molecule has 0 spiro atoms. The SMILES string of the molecule is C[Si](C)c1cccc(CC(=O)ON2C(=O)CCC2=O)c1. The average Bonchev–Trinajstić information content (AvgIpc) is 2.71. The van der Waals surface area contributed by atoms with E-state index >= 15 is 0 Å². The molecule has 1 saturated heterocycles. The first-order valence-electron chi connectivity index (χ1n) is 6.43. The Hall–Kier alpha value is -1.95. The van der Waals surface area contributed by atoms with Gasteiger partial charge in [0.25, 0.3) is 11.8 Å². The van der Waals surface area contributed by atoms with E-state index in [1.54, 1.807) is 0 Å². The van der Waals surface area contributed by atoms with Crippen molar-refractivity contribution in [1.82, 2.24) is 5.06 Å². The molecule has 1 aliphatic heterocycles. The molecule has 0 aliphatic carbocycles. The molecule has 5 nitrogen and oxygen atoms in total. The summed E-state index contributed by atoms with van der Waals surface area (Å²) in [7, 11) is -0.579. The van der Waals surface area contributed by atoms with E-state index in [4.69, 9.17) is 4.84 Å². The summed E-state index contributed by atoms with van der Waals surface area (Å²) < 4.78 is 0. The van der Waals surface area contributed by atoms with Gasteiger partial charge in [-0.05, 0) is 5.56 Å². The summed E-state index contributed by atoms with van der Waals surface area (Å²) in [4.78, 5) is 39.3. The van der Waals surface area contributed by atoms with E-state index in [-0.39, 0.29) is 19.3 Å². The second-order valence-electron chi connectivity index (χ2n) is 4.92. The van der Waals surface area contributed by atoms with Crippen LogP contribution in [-0.2, 0) is 25.6 Å².